The summed E-state index contributed by atoms with van der Waals surface area (Å²) in [6.07, 6.45) is 4.44. The number of piperidine rings is 1. The highest BCUT2D eigenvalue weighted by Crippen LogP contribution is 2.20. The molecule has 2 fully saturated rings. The first-order valence-electron chi connectivity index (χ1n) is 9.53. The lowest BCUT2D eigenvalue weighted by atomic mass is 9.97. The van der Waals surface area contributed by atoms with E-state index in [0.717, 1.165) is 49.7 Å². The number of aliphatic imine (C=N–C) groups is 1. The third-order valence-corrected chi connectivity index (χ3v) is 5.86. The summed E-state index contributed by atoms with van der Waals surface area (Å²) in [6, 6.07) is 0. The number of anilines is 1. The molecule has 0 aromatic carbocycles. The van der Waals surface area contributed by atoms with Crippen LogP contribution in [0.4, 0.5) is 5.13 Å². The number of thiazole rings is 1. The van der Waals surface area contributed by atoms with Crippen LogP contribution in [-0.2, 0) is 0 Å². The summed E-state index contributed by atoms with van der Waals surface area (Å²) in [5.41, 5.74) is 6.28. The van der Waals surface area contributed by atoms with Crippen LogP contribution >= 0.6 is 35.3 Å². The van der Waals surface area contributed by atoms with E-state index in [4.69, 9.17) is 10.7 Å². The van der Waals surface area contributed by atoms with Crippen LogP contribution < -0.4 is 10.6 Å². The summed E-state index contributed by atoms with van der Waals surface area (Å²) in [5.74, 6) is 2.11. The van der Waals surface area contributed by atoms with Crippen LogP contribution in [0.1, 0.15) is 26.7 Å². The molecular formula is C18H33IN6S. The van der Waals surface area contributed by atoms with Gasteiger partial charge in [0.15, 0.2) is 11.1 Å². The van der Waals surface area contributed by atoms with E-state index in [-0.39, 0.29) is 24.0 Å². The van der Waals surface area contributed by atoms with Gasteiger partial charge in [0, 0.05) is 57.4 Å². The van der Waals surface area contributed by atoms with Gasteiger partial charge in [0.05, 0.1) is 0 Å². The SMILES string of the molecule is CC(C)CN1CCCC(CN=C(N)N2CCN(c3nccs3)CC2)C1.I. The quantitative estimate of drug-likeness (QED) is 0.389. The van der Waals surface area contributed by atoms with Gasteiger partial charge in [-0.1, -0.05) is 13.8 Å². The maximum absolute atomic E-state index is 6.28. The molecule has 2 aliphatic rings. The first-order chi connectivity index (χ1) is 12.1. The standard InChI is InChI=1S/C18H32N6S.HI/c1-15(2)13-22-6-3-4-16(14-22)12-21-17(19)23-7-9-24(10-8-23)18-20-5-11-25-18;/h5,11,15-16H,3-4,6-10,12-14H2,1-2H3,(H2,19,21);1H. The molecule has 2 aliphatic heterocycles. The van der Waals surface area contributed by atoms with E-state index in [1.807, 2.05) is 11.6 Å². The van der Waals surface area contributed by atoms with Gasteiger partial charge >= 0.3 is 0 Å². The first-order valence-corrected chi connectivity index (χ1v) is 10.4. The van der Waals surface area contributed by atoms with Crippen LogP contribution in [-0.4, -0.2) is 73.1 Å². The zero-order chi connectivity index (χ0) is 17.6. The minimum absolute atomic E-state index is 0. The molecule has 3 heterocycles. The Bertz CT molecular complexity index is 542. The zero-order valence-electron chi connectivity index (χ0n) is 16.0. The van der Waals surface area contributed by atoms with E-state index in [0.29, 0.717) is 5.92 Å². The summed E-state index contributed by atoms with van der Waals surface area (Å²) in [6.45, 7) is 12.9. The number of hydrogen-bond acceptors (Lipinski definition) is 5. The van der Waals surface area contributed by atoms with Crippen molar-refractivity contribution in [2.45, 2.75) is 26.7 Å². The number of nitrogens with zero attached hydrogens (tertiary/aromatic N) is 5. The Morgan fingerprint density at radius 2 is 2.08 bits per heavy atom. The number of halogens is 1. The van der Waals surface area contributed by atoms with E-state index in [1.54, 1.807) is 11.3 Å². The lowest BCUT2D eigenvalue weighted by molar-refractivity contribution is 0.162. The highest BCUT2D eigenvalue weighted by molar-refractivity contribution is 14.0. The van der Waals surface area contributed by atoms with Crippen molar-refractivity contribution in [1.29, 1.82) is 0 Å². The summed E-state index contributed by atoms with van der Waals surface area (Å²) < 4.78 is 0. The molecular weight excluding hydrogens is 459 g/mol. The van der Waals surface area contributed by atoms with Gasteiger partial charge in [0.1, 0.15) is 0 Å². The maximum atomic E-state index is 6.28. The molecule has 2 saturated heterocycles. The lowest BCUT2D eigenvalue weighted by Gasteiger charge is -2.36. The van der Waals surface area contributed by atoms with Crippen LogP contribution in [0.5, 0.6) is 0 Å². The number of rotatable bonds is 5. The molecule has 6 nitrogen and oxygen atoms in total. The first kappa shape index (κ1) is 21.7. The monoisotopic (exact) mass is 492 g/mol. The molecule has 0 aliphatic carbocycles. The van der Waals surface area contributed by atoms with Gasteiger partial charge in [-0.25, -0.2) is 4.98 Å². The van der Waals surface area contributed by atoms with Gasteiger partial charge in [-0.15, -0.1) is 35.3 Å². The third-order valence-electron chi connectivity index (χ3n) is 5.03. The molecule has 8 heteroatoms. The van der Waals surface area contributed by atoms with Crippen molar-refractivity contribution in [3.05, 3.63) is 11.6 Å². The van der Waals surface area contributed by atoms with E-state index in [2.05, 4.69) is 33.5 Å². The van der Waals surface area contributed by atoms with Gasteiger partial charge in [0.25, 0.3) is 0 Å². The van der Waals surface area contributed by atoms with Crippen LogP contribution in [0.2, 0.25) is 0 Å². The van der Waals surface area contributed by atoms with Gasteiger partial charge < -0.3 is 20.4 Å². The molecule has 0 saturated carbocycles. The van der Waals surface area contributed by atoms with Crippen molar-refractivity contribution in [3.8, 4) is 0 Å². The number of likely N-dealkylation sites (tertiary alicyclic amines) is 1. The highest BCUT2D eigenvalue weighted by Gasteiger charge is 2.22. The molecule has 1 unspecified atom stereocenters. The number of hydrogen-bond donors (Lipinski definition) is 1. The predicted octanol–water partition coefficient (Wildman–Crippen LogP) is 2.57. The average Bonchev–Trinajstić information content (AvgIpc) is 3.14. The van der Waals surface area contributed by atoms with E-state index >= 15 is 0 Å². The number of piperazine rings is 1. The Hall–Kier alpha value is -0.610. The van der Waals surface area contributed by atoms with Crippen LogP contribution in [0.25, 0.3) is 0 Å². The van der Waals surface area contributed by atoms with E-state index in [9.17, 15) is 0 Å². The molecule has 148 valence electrons. The van der Waals surface area contributed by atoms with Crippen LogP contribution in [0, 0.1) is 11.8 Å². The van der Waals surface area contributed by atoms with Crippen molar-refractivity contribution in [2.75, 3.05) is 57.3 Å². The molecule has 1 atom stereocenters. The fraction of sp³-hybridized carbons (Fsp3) is 0.778. The summed E-state index contributed by atoms with van der Waals surface area (Å²) in [5, 5.41) is 3.15. The average molecular weight is 492 g/mol. The lowest BCUT2D eigenvalue weighted by Crippen LogP contribution is -2.51. The molecule has 0 bridgehead atoms. The number of nitrogens with two attached hydrogens (primary N) is 1. The molecule has 1 aromatic rings. The van der Waals surface area contributed by atoms with Crippen molar-refractivity contribution in [3.63, 3.8) is 0 Å². The smallest absolute Gasteiger partial charge is 0.191 e. The Kier molecular flexibility index (Phi) is 8.89. The van der Waals surface area contributed by atoms with Gasteiger partial charge in [0.2, 0.25) is 0 Å². The van der Waals surface area contributed by atoms with Gasteiger partial charge in [-0.3, -0.25) is 4.99 Å². The predicted molar refractivity (Wildman–Crippen MR) is 122 cm³/mol. The fourth-order valence-corrected chi connectivity index (χ4v) is 4.50. The second-order valence-electron chi connectivity index (χ2n) is 7.65. The van der Waals surface area contributed by atoms with Crippen LogP contribution in [0.15, 0.2) is 16.6 Å². The maximum Gasteiger partial charge on any atom is 0.191 e. The van der Waals surface area contributed by atoms with Gasteiger partial charge in [-0.2, -0.15) is 0 Å². The molecule has 3 rings (SSSR count). The summed E-state index contributed by atoms with van der Waals surface area (Å²) >= 11 is 1.70. The Morgan fingerprint density at radius 1 is 1.31 bits per heavy atom. The highest BCUT2D eigenvalue weighted by atomic mass is 127. The minimum atomic E-state index is 0. The van der Waals surface area contributed by atoms with Crippen molar-refractivity contribution in [2.24, 2.45) is 22.6 Å². The molecule has 2 N–H and O–H groups in total. The Labute approximate surface area is 178 Å². The normalized spacial score (nSPS) is 22.6. The van der Waals surface area contributed by atoms with Crippen molar-refractivity contribution in [1.82, 2.24) is 14.8 Å². The summed E-state index contributed by atoms with van der Waals surface area (Å²) in [4.78, 5) is 16.3. The fourth-order valence-electron chi connectivity index (χ4n) is 3.80. The molecule has 26 heavy (non-hydrogen) atoms. The van der Waals surface area contributed by atoms with Crippen LogP contribution in [0.3, 0.4) is 0 Å². The van der Waals surface area contributed by atoms with Crippen molar-refractivity contribution < 1.29 is 0 Å². The van der Waals surface area contributed by atoms with E-state index in [1.165, 1.54) is 32.5 Å². The minimum Gasteiger partial charge on any atom is -0.370 e. The number of aromatic nitrogens is 1. The zero-order valence-corrected chi connectivity index (χ0v) is 19.2. The van der Waals surface area contributed by atoms with E-state index < -0.39 is 0 Å². The molecule has 0 amide bonds. The second kappa shape index (κ2) is 10.7. The molecule has 1 aromatic heterocycles. The second-order valence-corrected chi connectivity index (χ2v) is 8.52. The van der Waals surface area contributed by atoms with Gasteiger partial charge in [-0.05, 0) is 31.2 Å². The Balaban J connectivity index is 0.00000243. The Morgan fingerprint density at radius 3 is 2.73 bits per heavy atom. The molecule has 0 radical (unpaired) electrons. The third kappa shape index (κ3) is 6.23. The summed E-state index contributed by atoms with van der Waals surface area (Å²) in [7, 11) is 0. The topological polar surface area (TPSA) is 61.0 Å². The largest absolute Gasteiger partial charge is 0.370 e. The van der Waals surface area contributed by atoms with Crippen molar-refractivity contribution >= 4 is 46.4 Å². The number of guanidine groups is 1. The molecule has 0 spiro atoms.